The molecule has 116 valence electrons. The first-order chi connectivity index (χ1) is 10.6. The summed E-state index contributed by atoms with van der Waals surface area (Å²) in [6, 6.07) is 10.9. The zero-order valence-corrected chi connectivity index (χ0v) is 13.2. The van der Waals surface area contributed by atoms with Gasteiger partial charge >= 0.3 is 0 Å². The fraction of sp³-hybridized carbons (Fsp3) is 0.412. The number of aromatic nitrogens is 2. The molecule has 0 atom stereocenters. The Labute approximate surface area is 131 Å². The monoisotopic (exact) mass is 297 g/mol. The highest BCUT2D eigenvalue weighted by atomic mass is 15.3. The summed E-state index contributed by atoms with van der Waals surface area (Å²) in [7, 11) is 0. The normalized spacial score (nSPS) is 15.1. The van der Waals surface area contributed by atoms with Gasteiger partial charge in [0.15, 0.2) is 5.96 Å². The molecule has 2 aromatic rings. The maximum atomic E-state index is 5.90. The Bertz CT molecular complexity index is 668. The number of rotatable bonds is 5. The van der Waals surface area contributed by atoms with E-state index in [1.165, 1.54) is 18.4 Å². The smallest absolute Gasteiger partial charge is 0.189 e. The van der Waals surface area contributed by atoms with E-state index in [1.807, 2.05) is 17.7 Å². The first-order valence-electron chi connectivity index (χ1n) is 7.76. The van der Waals surface area contributed by atoms with Crippen LogP contribution in [0.1, 0.15) is 35.4 Å². The fourth-order valence-corrected chi connectivity index (χ4v) is 2.52. The molecule has 0 bridgehead atoms. The van der Waals surface area contributed by atoms with Gasteiger partial charge in [-0.25, -0.2) is 4.99 Å². The first kappa shape index (κ1) is 14.6. The van der Waals surface area contributed by atoms with Crippen LogP contribution in [0.3, 0.4) is 0 Å². The van der Waals surface area contributed by atoms with Crippen LogP contribution >= 0.6 is 0 Å². The maximum absolute atomic E-state index is 5.90. The van der Waals surface area contributed by atoms with Gasteiger partial charge in [-0.05, 0) is 32.3 Å². The molecule has 0 amide bonds. The number of hydrogen-bond acceptors (Lipinski definition) is 2. The Balaban J connectivity index is 1.72. The molecule has 5 heteroatoms. The molecule has 0 radical (unpaired) electrons. The highest BCUT2D eigenvalue weighted by molar-refractivity contribution is 5.78. The number of benzene rings is 1. The van der Waals surface area contributed by atoms with Crippen LogP contribution in [0.4, 0.5) is 0 Å². The molecular formula is C17H23N5. The molecular weight excluding hydrogens is 274 g/mol. The lowest BCUT2D eigenvalue weighted by atomic mass is 10.2. The summed E-state index contributed by atoms with van der Waals surface area (Å²) in [5, 5.41) is 7.85. The van der Waals surface area contributed by atoms with Crippen LogP contribution in [0.15, 0.2) is 35.3 Å². The number of nitrogens with one attached hydrogen (secondary N) is 1. The highest BCUT2D eigenvalue weighted by Gasteiger charge is 2.21. The van der Waals surface area contributed by atoms with Gasteiger partial charge in [-0.3, -0.25) is 4.68 Å². The molecule has 0 saturated heterocycles. The highest BCUT2D eigenvalue weighted by Crippen LogP contribution is 2.19. The number of hydrogen-bond donors (Lipinski definition) is 2. The minimum atomic E-state index is 0.534. The number of aryl methyl sites for hydroxylation is 1. The Morgan fingerprint density at radius 2 is 2.05 bits per heavy atom. The summed E-state index contributed by atoms with van der Waals surface area (Å²) in [6.07, 6.45) is 2.40. The molecule has 1 aromatic carbocycles. The van der Waals surface area contributed by atoms with E-state index in [9.17, 15) is 0 Å². The van der Waals surface area contributed by atoms with Crippen molar-refractivity contribution < 1.29 is 0 Å². The molecule has 0 spiro atoms. The maximum Gasteiger partial charge on any atom is 0.189 e. The van der Waals surface area contributed by atoms with E-state index >= 15 is 0 Å². The predicted octanol–water partition coefficient (Wildman–Crippen LogP) is 2.11. The molecule has 0 aliphatic heterocycles. The van der Waals surface area contributed by atoms with E-state index < -0.39 is 0 Å². The van der Waals surface area contributed by atoms with Crippen LogP contribution in [-0.2, 0) is 13.1 Å². The zero-order valence-electron chi connectivity index (χ0n) is 13.2. The Morgan fingerprint density at radius 1 is 1.32 bits per heavy atom. The van der Waals surface area contributed by atoms with Crippen molar-refractivity contribution in [2.75, 3.05) is 0 Å². The van der Waals surface area contributed by atoms with Crippen LogP contribution < -0.4 is 11.1 Å². The minimum Gasteiger partial charge on any atom is -0.370 e. The van der Waals surface area contributed by atoms with Crippen molar-refractivity contribution in [3.63, 3.8) is 0 Å². The van der Waals surface area contributed by atoms with Gasteiger partial charge in [0.1, 0.15) is 0 Å². The second-order valence-corrected chi connectivity index (χ2v) is 5.91. The van der Waals surface area contributed by atoms with Crippen molar-refractivity contribution in [2.45, 2.75) is 45.8 Å². The van der Waals surface area contributed by atoms with Crippen LogP contribution in [0.5, 0.6) is 0 Å². The van der Waals surface area contributed by atoms with Gasteiger partial charge in [-0.15, -0.1) is 0 Å². The third-order valence-corrected chi connectivity index (χ3v) is 4.04. The van der Waals surface area contributed by atoms with Crippen LogP contribution in [0.25, 0.3) is 0 Å². The third kappa shape index (κ3) is 3.47. The van der Waals surface area contributed by atoms with Crippen molar-refractivity contribution in [3.8, 4) is 0 Å². The fourth-order valence-electron chi connectivity index (χ4n) is 2.52. The number of aliphatic imine (C=N–C) groups is 1. The molecule has 1 saturated carbocycles. The molecule has 0 unspecified atom stereocenters. The lowest BCUT2D eigenvalue weighted by molar-refractivity contribution is 0.658. The van der Waals surface area contributed by atoms with Crippen molar-refractivity contribution in [1.82, 2.24) is 15.1 Å². The second-order valence-electron chi connectivity index (χ2n) is 5.91. The molecule has 5 nitrogen and oxygen atoms in total. The second kappa shape index (κ2) is 6.22. The average Bonchev–Trinajstić information content (AvgIpc) is 3.27. The Morgan fingerprint density at radius 3 is 2.73 bits per heavy atom. The van der Waals surface area contributed by atoms with Crippen molar-refractivity contribution >= 4 is 5.96 Å². The lowest BCUT2D eigenvalue weighted by Gasteiger charge is -2.06. The summed E-state index contributed by atoms with van der Waals surface area (Å²) in [6.45, 7) is 5.49. The van der Waals surface area contributed by atoms with Gasteiger partial charge < -0.3 is 11.1 Å². The third-order valence-electron chi connectivity index (χ3n) is 4.04. The summed E-state index contributed by atoms with van der Waals surface area (Å²) >= 11 is 0. The van der Waals surface area contributed by atoms with Gasteiger partial charge in [-0.2, -0.15) is 5.10 Å². The number of nitrogens with zero attached hydrogens (tertiary/aromatic N) is 3. The molecule has 1 aliphatic rings. The van der Waals surface area contributed by atoms with E-state index in [0.29, 0.717) is 18.5 Å². The average molecular weight is 297 g/mol. The molecule has 1 heterocycles. The quantitative estimate of drug-likeness (QED) is 0.656. The van der Waals surface area contributed by atoms with Crippen molar-refractivity contribution in [2.24, 2.45) is 10.7 Å². The van der Waals surface area contributed by atoms with Gasteiger partial charge in [-0.1, -0.05) is 30.3 Å². The van der Waals surface area contributed by atoms with Gasteiger partial charge in [0.05, 0.1) is 18.8 Å². The SMILES string of the molecule is Cc1nn(Cc2ccccc2)c(C)c1CN=C(N)NC1CC1. The molecule has 1 aromatic heterocycles. The summed E-state index contributed by atoms with van der Waals surface area (Å²) < 4.78 is 2.04. The molecule has 1 fully saturated rings. The van der Waals surface area contributed by atoms with Crippen LogP contribution in [0, 0.1) is 13.8 Å². The van der Waals surface area contributed by atoms with E-state index in [4.69, 9.17) is 5.73 Å². The van der Waals surface area contributed by atoms with Crippen LogP contribution in [-0.4, -0.2) is 21.8 Å². The number of guanidine groups is 1. The number of nitrogens with two attached hydrogens (primary N) is 1. The molecule has 22 heavy (non-hydrogen) atoms. The van der Waals surface area contributed by atoms with Crippen molar-refractivity contribution in [3.05, 3.63) is 52.8 Å². The van der Waals surface area contributed by atoms with E-state index in [2.05, 4.69) is 46.6 Å². The largest absolute Gasteiger partial charge is 0.370 e. The van der Waals surface area contributed by atoms with Gasteiger partial charge in [0.25, 0.3) is 0 Å². The van der Waals surface area contributed by atoms with Crippen LogP contribution in [0.2, 0.25) is 0 Å². The van der Waals surface area contributed by atoms with E-state index in [0.717, 1.165) is 23.5 Å². The van der Waals surface area contributed by atoms with Gasteiger partial charge in [0.2, 0.25) is 0 Å². The molecule has 3 N–H and O–H groups in total. The summed E-state index contributed by atoms with van der Waals surface area (Å²) in [4.78, 5) is 4.45. The first-order valence-corrected chi connectivity index (χ1v) is 7.76. The molecule has 3 rings (SSSR count). The van der Waals surface area contributed by atoms with Crippen molar-refractivity contribution in [1.29, 1.82) is 0 Å². The van der Waals surface area contributed by atoms with E-state index in [-0.39, 0.29) is 0 Å². The van der Waals surface area contributed by atoms with E-state index in [1.54, 1.807) is 0 Å². The predicted molar refractivity (Wildman–Crippen MR) is 88.7 cm³/mol. The Hall–Kier alpha value is -2.30. The zero-order chi connectivity index (χ0) is 15.5. The summed E-state index contributed by atoms with van der Waals surface area (Å²) in [5.74, 6) is 0.539. The Kier molecular flexibility index (Phi) is 4.13. The minimum absolute atomic E-state index is 0.534. The standard InChI is InChI=1S/C17H23N5/c1-12-16(10-19-17(18)20-15-8-9-15)13(2)22(21-12)11-14-6-4-3-5-7-14/h3-7,15H,8-11H2,1-2H3,(H3,18,19,20). The topological polar surface area (TPSA) is 68.2 Å². The summed E-state index contributed by atoms with van der Waals surface area (Å²) in [5.41, 5.74) is 10.5. The molecule has 1 aliphatic carbocycles. The van der Waals surface area contributed by atoms with Gasteiger partial charge in [0, 0.05) is 17.3 Å². The lowest BCUT2D eigenvalue weighted by Crippen LogP contribution is -2.33.